The van der Waals surface area contributed by atoms with Crippen LogP contribution in [0.25, 0.3) is 0 Å². The van der Waals surface area contributed by atoms with Gasteiger partial charge in [-0.1, -0.05) is 24.3 Å². The maximum atomic E-state index is 13.4. The number of benzene rings is 2. The van der Waals surface area contributed by atoms with Crippen molar-refractivity contribution in [1.29, 1.82) is 0 Å². The molecule has 2 aromatic carbocycles. The summed E-state index contributed by atoms with van der Waals surface area (Å²) in [6.45, 7) is 0. The molecule has 7 heteroatoms. The summed E-state index contributed by atoms with van der Waals surface area (Å²) in [7, 11) is 3.02. The van der Waals surface area contributed by atoms with Gasteiger partial charge < -0.3 is 24.6 Å². The van der Waals surface area contributed by atoms with Gasteiger partial charge in [-0.2, -0.15) is 0 Å². The predicted octanol–water partition coefficient (Wildman–Crippen LogP) is 2.30. The Morgan fingerprint density at radius 3 is 2.50 bits per heavy atom. The molecule has 2 aliphatic carbocycles. The molecule has 2 aromatic rings. The fraction of sp³-hybridized carbons (Fsp3) is 0.304. The van der Waals surface area contributed by atoms with Crippen LogP contribution in [0.5, 0.6) is 11.5 Å². The number of rotatable bonds is 3. The van der Waals surface area contributed by atoms with Gasteiger partial charge in [-0.05, 0) is 25.0 Å². The second-order valence-corrected chi connectivity index (χ2v) is 7.73. The highest BCUT2D eigenvalue weighted by molar-refractivity contribution is 6.19. The Morgan fingerprint density at radius 1 is 1.00 bits per heavy atom. The van der Waals surface area contributed by atoms with Crippen molar-refractivity contribution in [2.24, 2.45) is 0 Å². The Labute approximate surface area is 173 Å². The maximum Gasteiger partial charge on any atom is 0.211 e. The number of carbonyl (C=O) groups excluding carboxylic acids is 2. The van der Waals surface area contributed by atoms with Crippen molar-refractivity contribution < 1.29 is 29.3 Å². The third-order valence-electron chi connectivity index (χ3n) is 6.35. The Bertz CT molecular complexity index is 1140. The van der Waals surface area contributed by atoms with E-state index in [1.807, 2.05) is 0 Å². The van der Waals surface area contributed by atoms with Gasteiger partial charge in [0.15, 0.2) is 5.78 Å². The van der Waals surface area contributed by atoms with Crippen molar-refractivity contribution in [3.8, 4) is 11.5 Å². The number of methoxy groups -OCH3 is 2. The molecule has 154 valence electrons. The fourth-order valence-electron chi connectivity index (χ4n) is 5.05. The topological polar surface area (TPSA) is 96.3 Å². The first kappa shape index (κ1) is 18.8. The van der Waals surface area contributed by atoms with Gasteiger partial charge in [0.2, 0.25) is 17.1 Å². The van der Waals surface area contributed by atoms with Crippen LogP contribution in [0.2, 0.25) is 0 Å². The third kappa shape index (κ3) is 2.01. The highest BCUT2D eigenvalue weighted by Crippen LogP contribution is 2.60. The Balaban J connectivity index is 1.85. The van der Waals surface area contributed by atoms with Crippen LogP contribution in [-0.2, 0) is 10.5 Å². The van der Waals surface area contributed by atoms with E-state index >= 15 is 0 Å². The van der Waals surface area contributed by atoms with Gasteiger partial charge in [-0.3, -0.25) is 9.59 Å². The number of allylic oxidation sites excluding steroid dienone is 1. The molecular weight excluding hydrogens is 386 g/mol. The van der Waals surface area contributed by atoms with E-state index in [1.54, 1.807) is 42.5 Å². The minimum Gasteiger partial charge on any atom is -0.497 e. The number of fused-ring (bicyclic) bond motifs is 4. The average molecular weight is 407 g/mol. The van der Waals surface area contributed by atoms with E-state index in [-0.39, 0.29) is 28.9 Å². The lowest BCUT2D eigenvalue weighted by molar-refractivity contribution is -0.123. The number of hydrogen-bond donors (Lipinski definition) is 2. The lowest BCUT2D eigenvalue weighted by Crippen LogP contribution is -2.58. The Hall–Kier alpha value is -3.16. The lowest BCUT2D eigenvalue weighted by atomic mass is 9.80. The monoisotopic (exact) mass is 407 g/mol. The normalized spacial score (nSPS) is 27.1. The molecule has 0 radical (unpaired) electrons. The summed E-state index contributed by atoms with van der Waals surface area (Å²) in [4.78, 5) is 27.8. The molecular formula is C23H21NO6. The van der Waals surface area contributed by atoms with Crippen LogP contribution < -0.4 is 14.4 Å². The van der Waals surface area contributed by atoms with Crippen molar-refractivity contribution in [1.82, 2.24) is 0 Å². The predicted molar refractivity (Wildman–Crippen MR) is 108 cm³/mol. The highest BCUT2D eigenvalue weighted by atomic mass is 16.5. The number of nitrogens with zero attached hydrogens (tertiary/aromatic N) is 1. The summed E-state index contributed by atoms with van der Waals surface area (Å²) in [5.41, 5.74) is -3.22. The lowest BCUT2D eigenvalue weighted by Gasteiger charge is -2.40. The van der Waals surface area contributed by atoms with Crippen molar-refractivity contribution >= 4 is 17.3 Å². The Kier molecular flexibility index (Phi) is 3.87. The maximum absolute atomic E-state index is 13.4. The van der Waals surface area contributed by atoms with Gasteiger partial charge >= 0.3 is 0 Å². The average Bonchev–Trinajstić information content (AvgIpc) is 3.08. The summed E-state index contributed by atoms with van der Waals surface area (Å²) in [6.07, 6.45) is 1.22. The van der Waals surface area contributed by atoms with E-state index in [0.29, 0.717) is 35.7 Å². The van der Waals surface area contributed by atoms with E-state index in [0.717, 1.165) is 0 Å². The van der Waals surface area contributed by atoms with Crippen LogP contribution in [0.1, 0.15) is 35.2 Å². The number of ketones is 2. The molecule has 0 spiro atoms. The molecule has 0 bridgehead atoms. The first-order valence-electron chi connectivity index (χ1n) is 9.77. The van der Waals surface area contributed by atoms with Crippen molar-refractivity contribution in [3.63, 3.8) is 0 Å². The number of anilines is 1. The van der Waals surface area contributed by atoms with Crippen LogP contribution in [0.4, 0.5) is 5.69 Å². The van der Waals surface area contributed by atoms with Crippen LogP contribution in [-0.4, -0.2) is 41.6 Å². The van der Waals surface area contributed by atoms with Gasteiger partial charge in [0.25, 0.3) is 0 Å². The molecule has 2 N–H and O–H groups in total. The van der Waals surface area contributed by atoms with Gasteiger partial charge in [-0.25, -0.2) is 0 Å². The first-order valence-corrected chi connectivity index (χ1v) is 9.77. The number of ether oxygens (including phenoxy) is 2. The van der Waals surface area contributed by atoms with E-state index in [4.69, 9.17) is 9.47 Å². The molecule has 2 atom stereocenters. The van der Waals surface area contributed by atoms with Crippen LogP contribution >= 0.6 is 0 Å². The molecule has 3 aliphatic rings. The summed E-state index contributed by atoms with van der Waals surface area (Å²) in [6, 6.07) is 11.6. The third-order valence-corrected chi connectivity index (χ3v) is 6.35. The van der Waals surface area contributed by atoms with Crippen molar-refractivity contribution in [2.75, 3.05) is 19.1 Å². The molecule has 0 aromatic heterocycles. The largest absolute Gasteiger partial charge is 0.497 e. The van der Waals surface area contributed by atoms with Gasteiger partial charge in [-0.15, -0.1) is 0 Å². The quantitative estimate of drug-likeness (QED) is 0.806. The molecule has 1 heterocycles. The zero-order chi connectivity index (χ0) is 21.3. The molecule has 30 heavy (non-hydrogen) atoms. The number of Topliss-reactive ketones (excluding diaryl/α,β-unsaturated/α-hetero) is 2. The summed E-state index contributed by atoms with van der Waals surface area (Å²) in [5.74, 6) is -0.0609. The van der Waals surface area contributed by atoms with Gasteiger partial charge in [0, 0.05) is 29.3 Å². The Morgan fingerprint density at radius 2 is 1.77 bits per heavy atom. The zero-order valence-corrected chi connectivity index (χ0v) is 16.6. The zero-order valence-electron chi connectivity index (χ0n) is 16.6. The van der Waals surface area contributed by atoms with Crippen molar-refractivity contribution in [2.45, 2.75) is 30.6 Å². The summed E-state index contributed by atoms with van der Waals surface area (Å²) in [5, 5.41) is 23.9. The molecule has 0 fully saturated rings. The second kappa shape index (κ2) is 6.17. The smallest absolute Gasteiger partial charge is 0.211 e. The summed E-state index contributed by atoms with van der Waals surface area (Å²) >= 11 is 0. The molecule has 1 aliphatic heterocycles. The van der Waals surface area contributed by atoms with E-state index < -0.39 is 17.1 Å². The second-order valence-electron chi connectivity index (χ2n) is 7.73. The molecule has 0 unspecified atom stereocenters. The number of hydrogen-bond acceptors (Lipinski definition) is 7. The minimum absolute atomic E-state index is 0.0182. The molecule has 5 rings (SSSR count). The van der Waals surface area contributed by atoms with Gasteiger partial charge in [0.1, 0.15) is 11.5 Å². The standard InChI is InChI=1S/C23H21NO6/c1-29-13-10-11-16(19(12-13)30-2)24-17-8-5-9-18(25)20(17)22(27)21(26)14-6-3-4-7-15(14)23(22,24)28/h3-4,6-7,10-12,27-28H,5,8-9H2,1-2H3/t22-,23+/m0/s1. The number of aliphatic hydroxyl groups is 2. The first-order chi connectivity index (χ1) is 14.4. The molecule has 0 saturated heterocycles. The molecule has 0 saturated carbocycles. The molecule has 0 amide bonds. The summed E-state index contributed by atoms with van der Waals surface area (Å²) < 4.78 is 10.8. The van der Waals surface area contributed by atoms with Gasteiger partial charge in [0.05, 0.1) is 25.5 Å². The van der Waals surface area contributed by atoms with E-state index in [9.17, 15) is 19.8 Å². The fourth-order valence-corrected chi connectivity index (χ4v) is 5.05. The van der Waals surface area contributed by atoms with E-state index in [2.05, 4.69) is 0 Å². The van der Waals surface area contributed by atoms with Crippen molar-refractivity contribution in [3.05, 3.63) is 64.9 Å². The SMILES string of the molecule is COc1ccc(N2C3=C(C(=O)CCC3)[C@]3(O)C(=O)c4ccccc4[C@]23O)c(OC)c1. The highest BCUT2D eigenvalue weighted by Gasteiger charge is 2.73. The van der Waals surface area contributed by atoms with E-state index in [1.165, 1.54) is 19.1 Å². The molecule has 7 nitrogen and oxygen atoms in total. The van der Waals surface area contributed by atoms with Crippen LogP contribution in [0.15, 0.2) is 53.7 Å². The van der Waals surface area contributed by atoms with Crippen LogP contribution in [0.3, 0.4) is 0 Å². The van der Waals surface area contributed by atoms with Crippen LogP contribution in [0, 0.1) is 0 Å². The number of carbonyl (C=O) groups is 2. The minimum atomic E-state index is -2.38.